The summed E-state index contributed by atoms with van der Waals surface area (Å²) in [5.74, 6) is 1.05. The number of rotatable bonds is 6. The Balaban J connectivity index is 1.64. The van der Waals surface area contributed by atoms with Crippen molar-refractivity contribution in [2.24, 2.45) is 0 Å². The van der Waals surface area contributed by atoms with Crippen molar-refractivity contribution in [3.05, 3.63) is 82.1 Å². The van der Waals surface area contributed by atoms with E-state index >= 15 is 0 Å². The van der Waals surface area contributed by atoms with Gasteiger partial charge in [0.05, 0.1) is 12.0 Å². The number of hydrogen-bond acceptors (Lipinski definition) is 5. The first-order valence-corrected chi connectivity index (χ1v) is 7.82. The number of hydrogen-bond donors (Lipinski definition) is 1. The lowest BCUT2D eigenvalue weighted by molar-refractivity contribution is -0.384. The van der Waals surface area contributed by atoms with Crippen molar-refractivity contribution in [2.45, 2.75) is 6.54 Å². The van der Waals surface area contributed by atoms with Crippen LogP contribution in [0, 0.1) is 10.1 Å². The van der Waals surface area contributed by atoms with Gasteiger partial charge in [0.1, 0.15) is 11.5 Å². The Morgan fingerprint density at radius 3 is 2.38 bits per heavy atom. The third-order valence-corrected chi connectivity index (χ3v) is 3.80. The van der Waals surface area contributed by atoms with Crippen LogP contribution in [0.5, 0.6) is 5.75 Å². The smallest absolute Gasteiger partial charge is 0.287 e. The number of carbonyl (C=O) groups excluding carboxylic acids is 1. The zero-order valence-corrected chi connectivity index (χ0v) is 14.0. The van der Waals surface area contributed by atoms with E-state index in [1.165, 1.54) is 12.1 Å². The molecule has 0 fully saturated rings. The molecule has 1 N–H and O–H groups in total. The summed E-state index contributed by atoms with van der Waals surface area (Å²) in [5.41, 5.74) is 1.59. The zero-order chi connectivity index (χ0) is 18.5. The van der Waals surface area contributed by atoms with Crippen LogP contribution in [0.1, 0.15) is 16.1 Å². The van der Waals surface area contributed by atoms with E-state index in [0.29, 0.717) is 17.9 Å². The number of nitro benzene ring substituents is 1. The molecule has 3 aromatic rings. The number of nitrogens with zero attached hydrogens (tertiary/aromatic N) is 1. The van der Waals surface area contributed by atoms with Gasteiger partial charge >= 0.3 is 0 Å². The summed E-state index contributed by atoms with van der Waals surface area (Å²) in [6, 6.07) is 16.5. The minimum Gasteiger partial charge on any atom is -0.497 e. The number of non-ortho nitro benzene ring substituents is 1. The first-order valence-electron chi connectivity index (χ1n) is 7.82. The van der Waals surface area contributed by atoms with Crippen molar-refractivity contribution in [2.75, 3.05) is 7.11 Å². The van der Waals surface area contributed by atoms with Crippen LogP contribution in [0.25, 0.3) is 11.3 Å². The van der Waals surface area contributed by atoms with E-state index < -0.39 is 4.92 Å². The second kappa shape index (κ2) is 7.52. The first kappa shape index (κ1) is 17.2. The summed E-state index contributed by atoms with van der Waals surface area (Å²) in [6.45, 7) is 0.358. The fraction of sp³-hybridized carbons (Fsp3) is 0.105. The highest BCUT2D eigenvalue weighted by atomic mass is 16.6. The molecule has 0 unspecified atom stereocenters. The number of ether oxygens (including phenoxy) is 1. The Morgan fingerprint density at radius 2 is 1.77 bits per heavy atom. The number of furan rings is 1. The van der Waals surface area contributed by atoms with Crippen LogP contribution in [0.4, 0.5) is 5.69 Å². The summed E-state index contributed by atoms with van der Waals surface area (Å²) in [6.07, 6.45) is 0. The number of methoxy groups -OCH3 is 1. The fourth-order valence-electron chi connectivity index (χ4n) is 2.38. The van der Waals surface area contributed by atoms with Gasteiger partial charge in [-0.2, -0.15) is 0 Å². The molecule has 0 aliphatic heterocycles. The van der Waals surface area contributed by atoms with Crippen LogP contribution >= 0.6 is 0 Å². The van der Waals surface area contributed by atoms with Crippen LogP contribution in [-0.2, 0) is 6.54 Å². The molecule has 132 valence electrons. The number of nitrogens with one attached hydrogen (secondary N) is 1. The van der Waals surface area contributed by atoms with Crippen LogP contribution in [0.15, 0.2) is 65.1 Å². The predicted molar refractivity (Wildman–Crippen MR) is 95.0 cm³/mol. The SMILES string of the molecule is COc1ccc(CNC(=O)c2ccc(-c3ccc([N+](=O)[O-])cc3)o2)cc1. The largest absolute Gasteiger partial charge is 0.497 e. The normalized spacial score (nSPS) is 10.3. The Morgan fingerprint density at radius 1 is 1.08 bits per heavy atom. The van der Waals surface area contributed by atoms with E-state index in [2.05, 4.69) is 5.32 Å². The van der Waals surface area contributed by atoms with Crippen molar-refractivity contribution >= 4 is 11.6 Å². The van der Waals surface area contributed by atoms with Crippen LogP contribution in [0.3, 0.4) is 0 Å². The molecule has 0 spiro atoms. The lowest BCUT2D eigenvalue weighted by Gasteiger charge is -2.05. The molecule has 0 saturated carbocycles. The molecule has 3 rings (SSSR count). The molecule has 7 nitrogen and oxygen atoms in total. The molecular formula is C19H16N2O5. The lowest BCUT2D eigenvalue weighted by Crippen LogP contribution is -2.22. The van der Waals surface area contributed by atoms with Gasteiger partial charge in [-0.05, 0) is 42.0 Å². The molecule has 2 aromatic carbocycles. The van der Waals surface area contributed by atoms with Gasteiger partial charge in [-0.25, -0.2) is 0 Å². The zero-order valence-electron chi connectivity index (χ0n) is 14.0. The third kappa shape index (κ3) is 3.89. The molecule has 0 bridgehead atoms. The highest BCUT2D eigenvalue weighted by Crippen LogP contribution is 2.24. The monoisotopic (exact) mass is 352 g/mol. The van der Waals surface area contributed by atoms with Crippen molar-refractivity contribution in [1.29, 1.82) is 0 Å². The molecule has 1 aromatic heterocycles. The summed E-state index contributed by atoms with van der Waals surface area (Å²) in [4.78, 5) is 22.4. The highest BCUT2D eigenvalue weighted by molar-refractivity contribution is 5.92. The maximum absolute atomic E-state index is 12.2. The minimum atomic E-state index is -0.468. The van der Waals surface area contributed by atoms with Crippen molar-refractivity contribution < 1.29 is 18.9 Å². The first-order chi connectivity index (χ1) is 12.6. The molecule has 26 heavy (non-hydrogen) atoms. The molecule has 0 radical (unpaired) electrons. The maximum atomic E-state index is 12.2. The molecule has 0 atom stereocenters. The fourth-order valence-corrected chi connectivity index (χ4v) is 2.38. The van der Waals surface area contributed by atoms with E-state index in [9.17, 15) is 14.9 Å². The molecule has 0 aliphatic carbocycles. The Hall–Kier alpha value is -3.61. The van der Waals surface area contributed by atoms with Gasteiger partial charge in [-0.3, -0.25) is 14.9 Å². The Kier molecular flexibility index (Phi) is 4.98. The molecular weight excluding hydrogens is 336 g/mol. The van der Waals surface area contributed by atoms with Gasteiger partial charge in [0.2, 0.25) is 0 Å². The molecule has 0 aliphatic rings. The lowest BCUT2D eigenvalue weighted by atomic mass is 10.1. The average molecular weight is 352 g/mol. The number of amides is 1. The Labute approximate surface area is 149 Å². The second-order valence-electron chi connectivity index (χ2n) is 5.50. The number of nitro groups is 1. The third-order valence-electron chi connectivity index (χ3n) is 3.80. The summed E-state index contributed by atoms with van der Waals surface area (Å²) < 4.78 is 10.6. The standard InChI is InChI=1S/C19H16N2O5/c1-25-16-8-2-13(3-9-16)12-20-19(22)18-11-10-17(26-18)14-4-6-15(7-5-14)21(23)24/h2-11H,12H2,1H3,(H,20,22). The minimum absolute atomic E-state index is 0.00207. The van der Waals surface area contributed by atoms with E-state index in [-0.39, 0.29) is 17.4 Å². The van der Waals surface area contributed by atoms with E-state index in [0.717, 1.165) is 11.3 Å². The number of benzene rings is 2. The maximum Gasteiger partial charge on any atom is 0.287 e. The van der Waals surface area contributed by atoms with Gasteiger partial charge < -0.3 is 14.5 Å². The van der Waals surface area contributed by atoms with E-state index in [4.69, 9.17) is 9.15 Å². The number of carbonyl (C=O) groups is 1. The molecule has 0 saturated heterocycles. The predicted octanol–water partition coefficient (Wildman–Crippen LogP) is 3.79. The van der Waals surface area contributed by atoms with Crippen LogP contribution in [0.2, 0.25) is 0 Å². The quantitative estimate of drug-likeness (QED) is 0.538. The van der Waals surface area contributed by atoms with Gasteiger partial charge in [0.15, 0.2) is 5.76 Å². The topological polar surface area (TPSA) is 94.6 Å². The summed E-state index contributed by atoms with van der Waals surface area (Å²) in [7, 11) is 1.59. The van der Waals surface area contributed by atoms with Crippen LogP contribution < -0.4 is 10.1 Å². The molecule has 1 heterocycles. The Bertz CT molecular complexity index is 914. The van der Waals surface area contributed by atoms with Crippen molar-refractivity contribution in [1.82, 2.24) is 5.32 Å². The molecule has 1 amide bonds. The van der Waals surface area contributed by atoms with Crippen molar-refractivity contribution in [3.8, 4) is 17.1 Å². The molecule has 7 heteroatoms. The summed E-state index contributed by atoms with van der Waals surface area (Å²) >= 11 is 0. The van der Waals surface area contributed by atoms with E-state index in [1.807, 2.05) is 24.3 Å². The van der Waals surface area contributed by atoms with Crippen LogP contribution in [-0.4, -0.2) is 17.9 Å². The second-order valence-corrected chi connectivity index (χ2v) is 5.50. The highest BCUT2D eigenvalue weighted by Gasteiger charge is 2.13. The summed E-state index contributed by atoms with van der Waals surface area (Å²) in [5, 5.41) is 13.5. The van der Waals surface area contributed by atoms with E-state index in [1.54, 1.807) is 31.4 Å². The van der Waals surface area contributed by atoms with Gasteiger partial charge in [0.25, 0.3) is 11.6 Å². The average Bonchev–Trinajstić information content (AvgIpc) is 3.17. The van der Waals surface area contributed by atoms with Gasteiger partial charge in [-0.1, -0.05) is 12.1 Å². The van der Waals surface area contributed by atoms with Gasteiger partial charge in [0, 0.05) is 24.2 Å². The van der Waals surface area contributed by atoms with Crippen molar-refractivity contribution in [3.63, 3.8) is 0 Å². The van der Waals surface area contributed by atoms with Gasteiger partial charge in [-0.15, -0.1) is 0 Å².